The highest BCUT2D eigenvalue weighted by Crippen LogP contribution is 2.27. The Bertz CT molecular complexity index is 699. The van der Waals surface area contributed by atoms with E-state index in [1.54, 1.807) is 0 Å². The van der Waals surface area contributed by atoms with Gasteiger partial charge in [0.25, 0.3) is 0 Å². The normalized spacial score (nSPS) is 26.5. The van der Waals surface area contributed by atoms with Crippen molar-refractivity contribution in [3.63, 3.8) is 0 Å². The predicted molar refractivity (Wildman–Crippen MR) is 88.0 cm³/mol. The molecule has 0 saturated carbocycles. The number of sulfone groups is 1. The van der Waals surface area contributed by atoms with Crippen molar-refractivity contribution in [3.8, 4) is 0 Å². The van der Waals surface area contributed by atoms with Gasteiger partial charge in [-0.25, -0.2) is 13.1 Å². The van der Waals surface area contributed by atoms with Crippen LogP contribution in [0.4, 0.5) is 0 Å². The SMILES string of the molecule is CC1CCN(Cn2nc(C3CCS(=O)(=O)C3)n(C)c2=S)CC1. The summed E-state index contributed by atoms with van der Waals surface area (Å²) >= 11 is 5.49. The van der Waals surface area contributed by atoms with Gasteiger partial charge in [0.1, 0.15) is 5.82 Å². The van der Waals surface area contributed by atoms with Crippen LogP contribution < -0.4 is 0 Å². The molecule has 6 nitrogen and oxygen atoms in total. The van der Waals surface area contributed by atoms with Crippen molar-refractivity contribution in [1.29, 1.82) is 0 Å². The van der Waals surface area contributed by atoms with Crippen molar-refractivity contribution in [2.24, 2.45) is 13.0 Å². The topological polar surface area (TPSA) is 60.1 Å². The fourth-order valence-electron chi connectivity index (χ4n) is 3.34. The molecule has 2 saturated heterocycles. The second-order valence-corrected chi connectivity index (χ2v) is 9.34. The molecule has 124 valence electrons. The zero-order valence-electron chi connectivity index (χ0n) is 13.2. The maximum Gasteiger partial charge on any atom is 0.198 e. The standard InChI is InChI=1S/C14H24N4O2S2/c1-11-3-6-17(7-4-11)10-18-14(21)16(2)13(15-18)12-5-8-22(19,20)9-12/h11-12H,3-10H2,1-2H3. The lowest BCUT2D eigenvalue weighted by Gasteiger charge is -2.29. The number of rotatable bonds is 3. The van der Waals surface area contributed by atoms with Crippen LogP contribution in [0.15, 0.2) is 0 Å². The highest BCUT2D eigenvalue weighted by molar-refractivity contribution is 7.91. The average Bonchev–Trinajstić information content (AvgIpc) is 2.96. The Morgan fingerprint density at radius 1 is 1.27 bits per heavy atom. The molecular weight excluding hydrogens is 320 g/mol. The molecule has 0 radical (unpaired) electrons. The number of nitrogens with zero attached hydrogens (tertiary/aromatic N) is 4. The average molecular weight is 345 g/mol. The van der Waals surface area contributed by atoms with Gasteiger partial charge in [-0.1, -0.05) is 6.92 Å². The number of aromatic nitrogens is 3. The Balaban J connectivity index is 1.76. The third kappa shape index (κ3) is 3.28. The van der Waals surface area contributed by atoms with E-state index in [9.17, 15) is 8.42 Å². The van der Waals surface area contributed by atoms with Crippen LogP contribution in [-0.4, -0.2) is 52.3 Å². The molecule has 0 N–H and O–H groups in total. The summed E-state index contributed by atoms with van der Waals surface area (Å²) in [5.41, 5.74) is 0. The third-order valence-corrected chi connectivity index (χ3v) is 7.13. The lowest BCUT2D eigenvalue weighted by Crippen LogP contribution is -2.34. The van der Waals surface area contributed by atoms with Gasteiger partial charge in [0.05, 0.1) is 18.2 Å². The molecule has 0 amide bonds. The molecule has 2 aliphatic rings. The van der Waals surface area contributed by atoms with Crippen LogP contribution in [0.5, 0.6) is 0 Å². The first kappa shape index (κ1) is 16.1. The summed E-state index contributed by atoms with van der Waals surface area (Å²) in [6.07, 6.45) is 3.09. The Kier molecular flexibility index (Phi) is 4.44. The van der Waals surface area contributed by atoms with E-state index < -0.39 is 9.84 Å². The number of hydrogen-bond acceptors (Lipinski definition) is 5. The number of hydrogen-bond donors (Lipinski definition) is 0. The molecule has 0 spiro atoms. The van der Waals surface area contributed by atoms with Gasteiger partial charge in [-0.05, 0) is 37.4 Å². The van der Waals surface area contributed by atoms with E-state index >= 15 is 0 Å². The van der Waals surface area contributed by atoms with Gasteiger partial charge in [0.15, 0.2) is 14.6 Å². The molecular formula is C14H24N4O2S2. The van der Waals surface area contributed by atoms with Crippen LogP contribution in [0, 0.1) is 10.7 Å². The quantitative estimate of drug-likeness (QED) is 0.779. The minimum atomic E-state index is -2.90. The summed E-state index contributed by atoms with van der Waals surface area (Å²) in [5.74, 6) is 2.07. The molecule has 0 aliphatic carbocycles. The van der Waals surface area contributed by atoms with Gasteiger partial charge >= 0.3 is 0 Å². The zero-order valence-corrected chi connectivity index (χ0v) is 14.9. The van der Waals surface area contributed by atoms with Crippen LogP contribution in [0.1, 0.15) is 37.9 Å². The lowest BCUT2D eigenvalue weighted by molar-refractivity contribution is 0.145. The van der Waals surface area contributed by atoms with Gasteiger partial charge < -0.3 is 4.57 Å². The lowest BCUT2D eigenvalue weighted by atomic mass is 10.00. The van der Waals surface area contributed by atoms with E-state index in [1.165, 1.54) is 12.8 Å². The molecule has 22 heavy (non-hydrogen) atoms. The molecule has 0 aromatic carbocycles. The molecule has 3 heterocycles. The van der Waals surface area contributed by atoms with Crippen molar-refractivity contribution in [3.05, 3.63) is 10.6 Å². The summed E-state index contributed by atoms with van der Waals surface area (Å²) in [4.78, 5) is 2.37. The minimum absolute atomic E-state index is 0.0145. The van der Waals surface area contributed by atoms with Crippen LogP contribution in [0.3, 0.4) is 0 Å². The maximum absolute atomic E-state index is 11.7. The van der Waals surface area contributed by atoms with Crippen LogP contribution in [0.2, 0.25) is 0 Å². The molecule has 2 fully saturated rings. The van der Waals surface area contributed by atoms with E-state index in [1.807, 2.05) is 16.3 Å². The van der Waals surface area contributed by atoms with E-state index in [-0.39, 0.29) is 17.4 Å². The van der Waals surface area contributed by atoms with Crippen LogP contribution in [-0.2, 0) is 23.6 Å². The van der Waals surface area contributed by atoms with E-state index in [0.29, 0.717) is 17.9 Å². The predicted octanol–water partition coefficient (Wildman–Crippen LogP) is 1.54. The van der Waals surface area contributed by atoms with E-state index in [4.69, 9.17) is 12.2 Å². The van der Waals surface area contributed by atoms with Crippen LogP contribution >= 0.6 is 12.2 Å². The van der Waals surface area contributed by atoms with Crippen molar-refractivity contribution in [2.45, 2.75) is 38.8 Å². The molecule has 1 atom stereocenters. The number of piperidine rings is 1. The first-order valence-corrected chi connectivity index (χ1v) is 10.1. The Morgan fingerprint density at radius 2 is 1.95 bits per heavy atom. The summed E-state index contributed by atoms with van der Waals surface area (Å²) in [5, 5.41) is 4.64. The van der Waals surface area contributed by atoms with E-state index in [0.717, 1.165) is 24.8 Å². The van der Waals surface area contributed by atoms with Gasteiger partial charge in [0.2, 0.25) is 0 Å². The fourth-order valence-corrected chi connectivity index (χ4v) is 5.28. The summed E-state index contributed by atoms with van der Waals surface area (Å²) < 4.78 is 27.8. The molecule has 3 rings (SSSR count). The maximum atomic E-state index is 11.7. The van der Waals surface area contributed by atoms with Crippen molar-refractivity contribution < 1.29 is 8.42 Å². The van der Waals surface area contributed by atoms with Crippen LogP contribution in [0.25, 0.3) is 0 Å². The second-order valence-electron chi connectivity index (χ2n) is 6.74. The molecule has 0 bridgehead atoms. The summed E-state index contributed by atoms with van der Waals surface area (Å²) in [6.45, 7) is 5.15. The second kappa shape index (κ2) is 6.05. The largest absolute Gasteiger partial charge is 0.307 e. The highest BCUT2D eigenvalue weighted by atomic mass is 32.2. The zero-order chi connectivity index (χ0) is 15.9. The fraction of sp³-hybridized carbons (Fsp3) is 0.857. The summed E-state index contributed by atoms with van der Waals surface area (Å²) in [7, 11) is -1.01. The van der Waals surface area contributed by atoms with Crippen molar-refractivity contribution in [2.75, 3.05) is 24.6 Å². The van der Waals surface area contributed by atoms with Gasteiger partial charge in [0, 0.05) is 26.1 Å². The van der Waals surface area contributed by atoms with Crippen molar-refractivity contribution in [1.82, 2.24) is 19.2 Å². The Labute approximate surface area is 137 Å². The first-order chi connectivity index (χ1) is 10.4. The molecule has 1 aromatic heterocycles. The molecule has 1 aromatic rings. The van der Waals surface area contributed by atoms with Crippen molar-refractivity contribution >= 4 is 22.1 Å². The molecule has 8 heteroatoms. The van der Waals surface area contributed by atoms with Gasteiger partial charge in [-0.15, -0.1) is 0 Å². The molecule has 2 aliphatic heterocycles. The third-order valence-electron chi connectivity index (χ3n) is 4.88. The monoisotopic (exact) mass is 344 g/mol. The first-order valence-electron chi connectivity index (χ1n) is 7.92. The number of likely N-dealkylation sites (tertiary alicyclic amines) is 1. The highest BCUT2D eigenvalue weighted by Gasteiger charge is 2.32. The van der Waals surface area contributed by atoms with E-state index in [2.05, 4.69) is 16.9 Å². The minimum Gasteiger partial charge on any atom is -0.307 e. The van der Waals surface area contributed by atoms with Gasteiger partial charge in [-0.3, -0.25) is 4.90 Å². The smallest absolute Gasteiger partial charge is 0.198 e. The molecule has 1 unspecified atom stereocenters. The Hall–Kier alpha value is -0.730. The summed E-state index contributed by atoms with van der Waals surface area (Å²) in [6, 6.07) is 0. The Morgan fingerprint density at radius 3 is 2.55 bits per heavy atom. The van der Waals surface area contributed by atoms with Gasteiger partial charge in [-0.2, -0.15) is 5.10 Å².